The predicted octanol–water partition coefficient (Wildman–Crippen LogP) is 3.95. The number of para-hydroxylation sites is 1. The van der Waals surface area contributed by atoms with Crippen LogP contribution >= 0.6 is 0 Å². The third kappa shape index (κ3) is 2.71. The number of benzene rings is 2. The maximum Gasteiger partial charge on any atom is 0.165 e. The van der Waals surface area contributed by atoms with E-state index in [0.29, 0.717) is 0 Å². The van der Waals surface area contributed by atoms with Gasteiger partial charge in [0.25, 0.3) is 0 Å². The van der Waals surface area contributed by atoms with Gasteiger partial charge in [0.05, 0.1) is 6.07 Å². The number of nitrogens with zero attached hydrogens (tertiary/aromatic N) is 1. The highest BCUT2D eigenvalue weighted by Crippen LogP contribution is 2.24. The van der Waals surface area contributed by atoms with Crippen LogP contribution in [0.2, 0.25) is 0 Å². The summed E-state index contributed by atoms with van der Waals surface area (Å²) < 4.78 is 26.9. The second-order valence-corrected chi connectivity index (χ2v) is 4.16. The van der Waals surface area contributed by atoms with Crippen molar-refractivity contribution < 1.29 is 8.78 Å². The summed E-state index contributed by atoms with van der Waals surface area (Å²) in [4.78, 5) is 0. The number of nitrogens with one attached hydrogen (secondary N) is 1. The summed E-state index contributed by atoms with van der Waals surface area (Å²) in [5.41, 5.74) is 1.66. The largest absolute Gasteiger partial charge is 0.366 e. The Morgan fingerprint density at radius 3 is 2.53 bits per heavy atom. The molecule has 0 saturated carbocycles. The molecule has 2 aromatic rings. The Hall–Kier alpha value is -2.41. The van der Waals surface area contributed by atoms with Gasteiger partial charge in [-0.15, -0.1) is 0 Å². The monoisotopic (exact) mass is 258 g/mol. The van der Waals surface area contributed by atoms with E-state index in [1.165, 1.54) is 12.1 Å². The summed E-state index contributed by atoms with van der Waals surface area (Å²) in [7, 11) is 0. The zero-order valence-electron chi connectivity index (χ0n) is 10.3. The van der Waals surface area contributed by atoms with Crippen LogP contribution in [0.1, 0.15) is 17.2 Å². The van der Waals surface area contributed by atoms with Crippen LogP contribution in [0.4, 0.5) is 14.5 Å². The predicted molar refractivity (Wildman–Crippen MR) is 69.5 cm³/mol. The van der Waals surface area contributed by atoms with Crippen molar-refractivity contribution in [1.82, 2.24) is 0 Å². The fourth-order valence-electron chi connectivity index (χ4n) is 1.81. The molecule has 2 nitrogen and oxygen atoms in total. The highest BCUT2D eigenvalue weighted by molar-refractivity contribution is 5.53. The fraction of sp³-hybridized carbons (Fsp3) is 0.133. The maximum atomic E-state index is 13.7. The van der Waals surface area contributed by atoms with Gasteiger partial charge in [0.1, 0.15) is 6.04 Å². The Morgan fingerprint density at radius 1 is 1.11 bits per heavy atom. The molecule has 96 valence electrons. The van der Waals surface area contributed by atoms with E-state index in [1.54, 1.807) is 6.07 Å². The molecular weight excluding hydrogens is 246 g/mol. The van der Waals surface area contributed by atoms with E-state index in [9.17, 15) is 8.78 Å². The Labute approximate surface area is 110 Å². The van der Waals surface area contributed by atoms with E-state index >= 15 is 0 Å². The number of hydrogen-bond acceptors (Lipinski definition) is 2. The van der Waals surface area contributed by atoms with Gasteiger partial charge < -0.3 is 5.32 Å². The average Bonchev–Trinajstić information content (AvgIpc) is 2.41. The van der Waals surface area contributed by atoms with Gasteiger partial charge in [-0.05, 0) is 24.6 Å². The SMILES string of the molecule is Cc1ccccc1NC(C#N)c1cccc(F)c1F. The average molecular weight is 258 g/mol. The maximum absolute atomic E-state index is 13.7. The summed E-state index contributed by atoms with van der Waals surface area (Å²) >= 11 is 0. The second kappa shape index (κ2) is 5.49. The van der Waals surface area contributed by atoms with Gasteiger partial charge in [-0.1, -0.05) is 30.3 Å². The third-order valence-electron chi connectivity index (χ3n) is 2.87. The molecule has 2 rings (SSSR count). The molecule has 0 bridgehead atoms. The lowest BCUT2D eigenvalue weighted by molar-refractivity contribution is 0.497. The van der Waals surface area contributed by atoms with E-state index in [4.69, 9.17) is 5.26 Å². The van der Waals surface area contributed by atoms with Crippen molar-refractivity contribution in [2.75, 3.05) is 5.32 Å². The van der Waals surface area contributed by atoms with Crippen LogP contribution < -0.4 is 5.32 Å². The molecule has 0 aromatic heterocycles. The summed E-state index contributed by atoms with van der Waals surface area (Å²) in [6, 6.07) is 12.2. The van der Waals surface area contributed by atoms with Crippen molar-refractivity contribution in [3.63, 3.8) is 0 Å². The van der Waals surface area contributed by atoms with Gasteiger partial charge in [-0.2, -0.15) is 5.26 Å². The zero-order chi connectivity index (χ0) is 13.8. The van der Waals surface area contributed by atoms with E-state index in [1.807, 2.05) is 31.2 Å². The van der Waals surface area contributed by atoms with Crippen LogP contribution in [0.5, 0.6) is 0 Å². The van der Waals surface area contributed by atoms with Crippen molar-refractivity contribution in [2.45, 2.75) is 13.0 Å². The highest BCUT2D eigenvalue weighted by Gasteiger charge is 2.18. The first-order chi connectivity index (χ1) is 9.13. The lowest BCUT2D eigenvalue weighted by Gasteiger charge is -2.15. The lowest BCUT2D eigenvalue weighted by Crippen LogP contribution is -2.12. The first kappa shape index (κ1) is 13.0. The van der Waals surface area contributed by atoms with Crippen molar-refractivity contribution in [2.24, 2.45) is 0 Å². The highest BCUT2D eigenvalue weighted by atomic mass is 19.2. The number of nitriles is 1. The van der Waals surface area contributed by atoms with Crippen LogP contribution in [0.15, 0.2) is 42.5 Å². The standard InChI is InChI=1S/C15H12F2N2/c1-10-5-2-3-8-13(10)19-14(9-18)11-6-4-7-12(16)15(11)17/h2-8,14,19H,1H3. The normalized spacial score (nSPS) is 11.7. The van der Waals surface area contributed by atoms with Gasteiger partial charge in [0.2, 0.25) is 0 Å². The van der Waals surface area contributed by atoms with Crippen LogP contribution in [0.25, 0.3) is 0 Å². The summed E-state index contributed by atoms with van der Waals surface area (Å²) in [5.74, 6) is -1.94. The van der Waals surface area contributed by atoms with E-state index in [-0.39, 0.29) is 5.56 Å². The Kier molecular flexibility index (Phi) is 3.76. The number of aryl methyl sites for hydroxylation is 1. The molecule has 0 aliphatic carbocycles. The Morgan fingerprint density at radius 2 is 1.84 bits per heavy atom. The Balaban J connectivity index is 2.34. The van der Waals surface area contributed by atoms with Crippen LogP contribution in [-0.4, -0.2) is 0 Å². The number of anilines is 1. The topological polar surface area (TPSA) is 35.8 Å². The van der Waals surface area contributed by atoms with Crippen molar-refractivity contribution >= 4 is 5.69 Å². The molecule has 1 unspecified atom stereocenters. The molecule has 0 radical (unpaired) electrons. The first-order valence-corrected chi connectivity index (χ1v) is 5.79. The third-order valence-corrected chi connectivity index (χ3v) is 2.87. The number of hydrogen-bond donors (Lipinski definition) is 1. The molecule has 19 heavy (non-hydrogen) atoms. The minimum absolute atomic E-state index is 0.00533. The molecule has 0 amide bonds. The zero-order valence-corrected chi connectivity index (χ0v) is 10.3. The molecule has 4 heteroatoms. The molecule has 0 fully saturated rings. The first-order valence-electron chi connectivity index (χ1n) is 5.79. The minimum atomic E-state index is -0.991. The Bertz CT molecular complexity index is 632. The number of halogens is 2. The molecule has 1 N–H and O–H groups in total. The van der Waals surface area contributed by atoms with Gasteiger partial charge in [0.15, 0.2) is 11.6 Å². The summed E-state index contributed by atoms with van der Waals surface area (Å²) in [6.07, 6.45) is 0. The van der Waals surface area contributed by atoms with Gasteiger partial charge in [0, 0.05) is 11.3 Å². The van der Waals surface area contributed by atoms with E-state index in [2.05, 4.69) is 5.32 Å². The molecule has 0 spiro atoms. The molecule has 0 heterocycles. The lowest BCUT2D eigenvalue weighted by atomic mass is 10.1. The van der Waals surface area contributed by atoms with Crippen LogP contribution in [0.3, 0.4) is 0 Å². The van der Waals surface area contributed by atoms with Gasteiger partial charge in [-0.3, -0.25) is 0 Å². The van der Waals surface area contributed by atoms with Gasteiger partial charge in [-0.25, -0.2) is 8.78 Å². The molecule has 2 aromatic carbocycles. The smallest absolute Gasteiger partial charge is 0.165 e. The van der Waals surface area contributed by atoms with Crippen LogP contribution in [0, 0.1) is 29.9 Å². The van der Waals surface area contributed by atoms with E-state index < -0.39 is 17.7 Å². The van der Waals surface area contributed by atoms with Crippen molar-refractivity contribution in [3.8, 4) is 6.07 Å². The van der Waals surface area contributed by atoms with Gasteiger partial charge >= 0.3 is 0 Å². The second-order valence-electron chi connectivity index (χ2n) is 4.16. The quantitative estimate of drug-likeness (QED) is 0.904. The fourth-order valence-corrected chi connectivity index (χ4v) is 1.81. The van der Waals surface area contributed by atoms with Crippen molar-refractivity contribution in [3.05, 3.63) is 65.2 Å². The molecule has 0 aliphatic rings. The molecular formula is C15H12F2N2. The van der Waals surface area contributed by atoms with E-state index in [0.717, 1.165) is 17.3 Å². The molecule has 1 atom stereocenters. The van der Waals surface area contributed by atoms with Crippen molar-refractivity contribution in [1.29, 1.82) is 5.26 Å². The minimum Gasteiger partial charge on any atom is -0.366 e. The molecule has 0 saturated heterocycles. The van der Waals surface area contributed by atoms with Crippen LogP contribution in [-0.2, 0) is 0 Å². The molecule has 0 aliphatic heterocycles. The number of rotatable bonds is 3. The summed E-state index contributed by atoms with van der Waals surface area (Å²) in [6.45, 7) is 1.87. The summed E-state index contributed by atoms with van der Waals surface area (Å²) in [5, 5.41) is 12.1.